The van der Waals surface area contributed by atoms with E-state index in [1.165, 1.54) is 12.8 Å². The Bertz CT molecular complexity index is 451. The lowest BCUT2D eigenvalue weighted by Crippen LogP contribution is -2.47. The second-order valence-corrected chi connectivity index (χ2v) is 7.40. The lowest BCUT2D eigenvalue weighted by atomic mass is 9.81. The molecule has 0 aromatic carbocycles. The molecule has 2 saturated heterocycles. The Kier molecular flexibility index (Phi) is 5.95. The van der Waals surface area contributed by atoms with Crippen molar-refractivity contribution < 1.29 is 14.7 Å². The van der Waals surface area contributed by atoms with Crippen LogP contribution in [0.25, 0.3) is 0 Å². The Balaban J connectivity index is 0.00000192. The number of aliphatic carboxylic acids is 1. The van der Waals surface area contributed by atoms with E-state index in [1.54, 1.807) is 0 Å². The summed E-state index contributed by atoms with van der Waals surface area (Å²) in [6.07, 6.45) is 7.40. The van der Waals surface area contributed by atoms with E-state index in [0.717, 1.165) is 51.7 Å². The topological polar surface area (TPSA) is 60.9 Å². The van der Waals surface area contributed by atoms with Crippen LogP contribution >= 0.6 is 12.4 Å². The minimum Gasteiger partial charge on any atom is -0.481 e. The van der Waals surface area contributed by atoms with Gasteiger partial charge in [-0.2, -0.15) is 0 Å². The van der Waals surface area contributed by atoms with Gasteiger partial charge < -0.3 is 10.0 Å². The van der Waals surface area contributed by atoms with Crippen LogP contribution in [-0.4, -0.2) is 59.0 Å². The smallest absolute Gasteiger partial charge is 0.311 e. The van der Waals surface area contributed by atoms with Crippen LogP contribution in [0.5, 0.6) is 0 Å². The maximum absolute atomic E-state index is 12.8. The molecule has 1 N–H and O–H groups in total. The van der Waals surface area contributed by atoms with Crippen LogP contribution < -0.4 is 0 Å². The van der Waals surface area contributed by atoms with E-state index >= 15 is 0 Å². The number of hydrogen-bond donors (Lipinski definition) is 1. The van der Waals surface area contributed by atoms with Gasteiger partial charge in [0.2, 0.25) is 5.91 Å². The highest BCUT2D eigenvalue weighted by molar-refractivity contribution is 5.85. The number of amides is 1. The summed E-state index contributed by atoms with van der Waals surface area (Å²) in [7, 11) is 0. The summed E-state index contributed by atoms with van der Waals surface area (Å²) in [6, 6.07) is -0.181. The molecule has 1 unspecified atom stereocenters. The van der Waals surface area contributed by atoms with Gasteiger partial charge >= 0.3 is 5.97 Å². The molecule has 1 saturated carbocycles. The second kappa shape index (κ2) is 7.39. The van der Waals surface area contributed by atoms with E-state index < -0.39 is 11.4 Å². The summed E-state index contributed by atoms with van der Waals surface area (Å²) in [5.41, 5.74) is -0.590. The van der Waals surface area contributed by atoms with Crippen molar-refractivity contribution in [1.29, 1.82) is 0 Å². The standard InChI is InChI=1S/C17H28N2O3.ClH/c1-13(15(20)18-9-4-2-3-5-10-18)19-11-14-7-6-8-17(14,12-19)16(21)22;/h13-14H,2-12H2,1H3,(H,21,22);1H/t13?,14-,17+;/m0./s1. The normalized spacial score (nSPS) is 32.7. The maximum Gasteiger partial charge on any atom is 0.311 e. The third-order valence-corrected chi connectivity index (χ3v) is 6.15. The first-order valence-electron chi connectivity index (χ1n) is 8.81. The van der Waals surface area contributed by atoms with E-state index in [9.17, 15) is 14.7 Å². The van der Waals surface area contributed by atoms with Gasteiger partial charge in [0.15, 0.2) is 0 Å². The average molecular weight is 345 g/mol. The van der Waals surface area contributed by atoms with Crippen molar-refractivity contribution in [2.75, 3.05) is 26.2 Å². The number of carboxylic acid groups (broad SMARTS) is 1. The van der Waals surface area contributed by atoms with E-state index in [2.05, 4.69) is 4.90 Å². The molecule has 2 heterocycles. The number of rotatable bonds is 3. The van der Waals surface area contributed by atoms with Crippen LogP contribution in [0.2, 0.25) is 0 Å². The second-order valence-electron chi connectivity index (χ2n) is 7.40. The molecular formula is C17H29ClN2O3. The number of nitrogens with zero attached hydrogens (tertiary/aromatic N) is 2. The molecule has 3 atom stereocenters. The number of fused-ring (bicyclic) bond motifs is 1. The van der Waals surface area contributed by atoms with Crippen molar-refractivity contribution in [2.24, 2.45) is 11.3 Å². The average Bonchev–Trinajstić information content (AvgIpc) is 2.93. The number of carbonyl (C=O) groups excluding carboxylic acids is 1. The predicted octanol–water partition coefficient (Wildman–Crippen LogP) is 2.39. The largest absolute Gasteiger partial charge is 0.481 e. The molecule has 0 radical (unpaired) electrons. The molecule has 1 amide bonds. The third kappa shape index (κ3) is 3.36. The molecule has 6 heteroatoms. The zero-order valence-corrected chi connectivity index (χ0v) is 14.8. The molecule has 23 heavy (non-hydrogen) atoms. The maximum atomic E-state index is 12.8. The monoisotopic (exact) mass is 344 g/mol. The predicted molar refractivity (Wildman–Crippen MR) is 90.7 cm³/mol. The fraction of sp³-hybridized carbons (Fsp3) is 0.882. The van der Waals surface area contributed by atoms with E-state index in [1.807, 2.05) is 11.8 Å². The lowest BCUT2D eigenvalue weighted by molar-refractivity contribution is -0.150. The van der Waals surface area contributed by atoms with Crippen molar-refractivity contribution in [1.82, 2.24) is 9.80 Å². The fourth-order valence-electron chi connectivity index (χ4n) is 4.68. The Labute approximate surface area is 144 Å². The number of likely N-dealkylation sites (tertiary alicyclic amines) is 2. The van der Waals surface area contributed by atoms with Crippen molar-refractivity contribution in [3.63, 3.8) is 0 Å². The van der Waals surface area contributed by atoms with E-state index in [0.29, 0.717) is 6.54 Å². The summed E-state index contributed by atoms with van der Waals surface area (Å²) in [5, 5.41) is 9.68. The number of halogens is 1. The van der Waals surface area contributed by atoms with Gasteiger partial charge in [-0.15, -0.1) is 12.4 Å². The summed E-state index contributed by atoms with van der Waals surface area (Å²) in [5.74, 6) is -0.237. The number of carbonyl (C=O) groups is 2. The highest BCUT2D eigenvalue weighted by atomic mass is 35.5. The Morgan fingerprint density at radius 1 is 1.13 bits per heavy atom. The first-order valence-corrected chi connectivity index (χ1v) is 8.81. The fourth-order valence-corrected chi connectivity index (χ4v) is 4.68. The van der Waals surface area contributed by atoms with Gasteiger partial charge in [0.05, 0.1) is 11.5 Å². The highest BCUT2D eigenvalue weighted by Gasteiger charge is 2.56. The summed E-state index contributed by atoms with van der Waals surface area (Å²) >= 11 is 0. The Morgan fingerprint density at radius 3 is 2.35 bits per heavy atom. The Morgan fingerprint density at radius 2 is 1.78 bits per heavy atom. The first-order chi connectivity index (χ1) is 10.5. The van der Waals surface area contributed by atoms with Crippen molar-refractivity contribution in [3.05, 3.63) is 0 Å². The van der Waals surface area contributed by atoms with Gasteiger partial charge in [-0.3, -0.25) is 14.5 Å². The molecule has 0 spiro atoms. The molecule has 0 bridgehead atoms. The minimum absolute atomic E-state index is 0. The zero-order valence-electron chi connectivity index (χ0n) is 14.0. The summed E-state index contributed by atoms with van der Waals surface area (Å²) in [6.45, 7) is 5.01. The first kappa shape index (κ1) is 18.5. The van der Waals surface area contributed by atoms with E-state index in [-0.39, 0.29) is 30.3 Å². The van der Waals surface area contributed by atoms with Crippen LogP contribution in [0.15, 0.2) is 0 Å². The number of carboxylic acids is 1. The molecule has 1 aliphatic carbocycles. The van der Waals surface area contributed by atoms with Gasteiger partial charge in [0.1, 0.15) is 0 Å². The molecule has 2 aliphatic heterocycles. The molecule has 0 aromatic rings. The Hall–Kier alpha value is -0.810. The summed E-state index contributed by atoms with van der Waals surface area (Å²) < 4.78 is 0. The van der Waals surface area contributed by atoms with Crippen molar-refractivity contribution in [2.45, 2.75) is 57.9 Å². The van der Waals surface area contributed by atoms with Gasteiger partial charge in [-0.1, -0.05) is 19.3 Å². The molecule has 3 aliphatic rings. The zero-order chi connectivity index (χ0) is 15.7. The van der Waals surface area contributed by atoms with Crippen LogP contribution in [0.4, 0.5) is 0 Å². The molecule has 0 aromatic heterocycles. The van der Waals surface area contributed by atoms with Crippen LogP contribution in [0.3, 0.4) is 0 Å². The lowest BCUT2D eigenvalue weighted by Gasteiger charge is -2.31. The van der Waals surface area contributed by atoms with Gasteiger partial charge in [0.25, 0.3) is 0 Å². The molecule has 5 nitrogen and oxygen atoms in total. The molecule has 3 rings (SSSR count). The third-order valence-electron chi connectivity index (χ3n) is 6.15. The van der Waals surface area contributed by atoms with Gasteiger partial charge in [0, 0.05) is 26.2 Å². The van der Waals surface area contributed by atoms with Crippen LogP contribution in [-0.2, 0) is 9.59 Å². The summed E-state index contributed by atoms with van der Waals surface area (Å²) in [4.78, 5) is 28.7. The minimum atomic E-state index is -0.660. The quantitative estimate of drug-likeness (QED) is 0.854. The van der Waals surface area contributed by atoms with Crippen molar-refractivity contribution in [3.8, 4) is 0 Å². The number of hydrogen-bond acceptors (Lipinski definition) is 3. The van der Waals surface area contributed by atoms with Gasteiger partial charge in [-0.25, -0.2) is 0 Å². The molecular weight excluding hydrogens is 316 g/mol. The highest BCUT2D eigenvalue weighted by Crippen LogP contribution is 2.49. The van der Waals surface area contributed by atoms with E-state index in [4.69, 9.17) is 0 Å². The van der Waals surface area contributed by atoms with Crippen molar-refractivity contribution >= 4 is 24.3 Å². The van der Waals surface area contributed by atoms with Gasteiger partial charge in [-0.05, 0) is 38.5 Å². The molecule has 132 valence electrons. The van der Waals surface area contributed by atoms with Crippen LogP contribution in [0, 0.1) is 11.3 Å². The van der Waals surface area contributed by atoms with Crippen LogP contribution in [0.1, 0.15) is 51.9 Å². The molecule has 3 fully saturated rings. The SMILES string of the molecule is CC(C(=O)N1CCCCCC1)N1C[C@@H]2CCC[C@@]2(C(=O)O)C1.Cl.